The monoisotopic (exact) mass is 385 g/mol. The molecule has 0 unspecified atom stereocenters. The summed E-state index contributed by atoms with van der Waals surface area (Å²) in [7, 11) is 0. The molecule has 0 fully saturated rings. The van der Waals surface area contributed by atoms with E-state index in [-0.39, 0.29) is 35.6 Å². The molecule has 1 heterocycles. The first-order valence-electron chi connectivity index (χ1n) is 8.61. The van der Waals surface area contributed by atoms with Gasteiger partial charge in [-0.15, -0.1) is 0 Å². The number of carbonyl (C=O) groups excluding carboxylic acids is 1. The van der Waals surface area contributed by atoms with Gasteiger partial charge in [-0.25, -0.2) is 9.37 Å². The maximum atomic E-state index is 13.6. The molecule has 0 saturated heterocycles. The van der Waals surface area contributed by atoms with Crippen LogP contribution in [0.4, 0.5) is 4.39 Å². The van der Waals surface area contributed by atoms with Crippen LogP contribution in [0.1, 0.15) is 25.5 Å². The van der Waals surface area contributed by atoms with E-state index in [0.717, 1.165) is 0 Å². The number of rotatable bonds is 6. The first kappa shape index (κ1) is 19.1. The van der Waals surface area contributed by atoms with Crippen LogP contribution in [0.2, 0.25) is 0 Å². The molecule has 1 N–H and O–H groups in total. The number of amides is 1. The molecular formula is C20H20FN3O2S. The largest absolute Gasteiger partial charge is 0.351 e. The van der Waals surface area contributed by atoms with Gasteiger partial charge in [0.25, 0.3) is 5.56 Å². The standard InChI is InChI=1S/C20H20FN3O2S/c1-13(2)24-19(26)15-8-4-6-10-17(15)23-20(24)27-12-18(25)22-11-14-7-3-5-9-16(14)21/h3-10,13H,11-12H2,1-2H3,(H,22,25). The zero-order chi connectivity index (χ0) is 19.4. The predicted octanol–water partition coefficient (Wildman–Crippen LogP) is 3.53. The normalized spacial score (nSPS) is 11.1. The second kappa shape index (κ2) is 8.35. The Balaban J connectivity index is 1.74. The van der Waals surface area contributed by atoms with Crippen LogP contribution in [-0.4, -0.2) is 21.2 Å². The van der Waals surface area contributed by atoms with Crippen LogP contribution in [0, 0.1) is 5.82 Å². The fraction of sp³-hybridized carbons (Fsp3) is 0.250. The molecule has 0 aliphatic rings. The van der Waals surface area contributed by atoms with Gasteiger partial charge in [0.05, 0.1) is 16.7 Å². The number of nitrogens with zero attached hydrogens (tertiary/aromatic N) is 2. The Bertz CT molecular complexity index is 1030. The maximum Gasteiger partial charge on any atom is 0.262 e. The summed E-state index contributed by atoms with van der Waals surface area (Å²) >= 11 is 1.20. The number of para-hydroxylation sites is 1. The molecule has 0 aliphatic carbocycles. The number of thioether (sulfide) groups is 1. The van der Waals surface area contributed by atoms with Gasteiger partial charge in [0.1, 0.15) is 5.82 Å². The summed E-state index contributed by atoms with van der Waals surface area (Å²) in [6, 6.07) is 13.4. The van der Waals surface area contributed by atoms with E-state index < -0.39 is 0 Å². The van der Waals surface area contributed by atoms with Gasteiger partial charge in [0.2, 0.25) is 5.91 Å². The number of aromatic nitrogens is 2. The fourth-order valence-corrected chi connectivity index (χ4v) is 3.66. The van der Waals surface area contributed by atoms with Crippen molar-refractivity contribution in [2.75, 3.05) is 5.75 Å². The van der Waals surface area contributed by atoms with Crippen LogP contribution < -0.4 is 10.9 Å². The van der Waals surface area contributed by atoms with Gasteiger partial charge in [-0.2, -0.15) is 0 Å². The van der Waals surface area contributed by atoms with Crippen molar-refractivity contribution in [2.24, 2.45) is 0 Å². The quantitative estimate of drug-likeness (QED) is 0.521. The van der Waals surface area contributed by atoms with Crippen molar-refractivity contribution in [1.82, 2.24) is 14.9 Å². The summed E-state index contributed by atoms with van der Waals surface area (Å²) in [5, 5.41) is 3.75. The van der Waals surface area contributed by atoms with Crippen molar-refractivity contribution in [1.29, 1.82) is 0 Å². The molecule has 3 aromatic rings. The van der Waals surface area contributed by atoms with E-state index in [1.54, 1.807) is 41.0 Å². The Morgan fingerprint density at radius 3 is 2.63 bits per heavy atom. The zero-order valence-electron chi connectivity index (χ0n) is 15.1. The molecule has 1 amide bonds. The summed E-state index contributed by atoms with van der Waals surface area (Å²) in [5.74, 6) is -0.511. The van der Waals surface area contributed by atoms with Gasteiger partial charge in [0, 0.05) is 18.2 Å². The molecule has 2 aromatic carbocycles. The van der Waals surface area contributed by atoms with Crippen molar-refractivity contribution >= 4 is 28.6 Å². The molecule has 1 aromatic heterocycles. The molecule has 0 saturated carbocycles. The molecule has 0 atom stereocenters. The number of benzene rings is 2. The van der Waals surface area contributed by atoms with Gasteiger partial charge in [-0.1, -0.05) is 42.1 Å². The molecule has 5 nitrogen and oxygen atoms in total. The highest BCUT2D eigenvalue weighted by Gasteiger charge is 2.15. The predicted molar refractivity (Wildman–Crippen MR) is 105 cm³/mol. The molecular weight excluding hydrogens is 365 g/mol. The van der Waals surface area contributed by atoms with Crippen LogP contribution in [0.5, 0.6) is 0 Å². The van der Waals surface area contributed by atoms with Crippen LogP contribution in [0.3, 0.4) is 0 Å². The average Bonchev–Trinajstić information content (AvgIpc) is 2.65. The highest BCUT2D eigenvalue weighted by Crippen LogP contribution is 2.20. The smallest absolute Gasteiger partial charge is 0.262 e. The van der Waals surface area contributed by atoms with Crippen molar-refractivity contribution in [2.45, 2.75) is 31.6 Å². The van der Waals surface area contributed by atoms with E-state index in [0.29, 0.717) is 21.6 Å². The molecule has 0 spiro atoms. The van der Waals surface area contributed by atoms with Gasteiger partial charge in [-0.05, 0) is 32.0 Å². The maximum absolute atomic E-state index is 13.6. The van der Waals surface area contributed by atoms with E-state index >= 15 is 0 Å². The second-order valence-corrected chi connectivity index (χ2v) is 7.28. The van der Waals surface area contributed by atoms with E-state index in [1.807, 2.05) is 19.9 Å². The minimum absolute atomic E-state index is 0.0846. The Morgan fingerprint density at radius 1 is 1.19 bits per heavy atom. The number of halogens is 1. The number of nitrogens with one attached hydrogen (secondary N) is 1. The molecule has 3 rings (SSSR count). The zero-order valence-corrected chi connectivity index (χ0v) is 15.9. The van der Waals surface area contributed by atoms with Gasteiger partial charge in [-0.3, -0.25) is 14.2 Å². The summed E-state index contributed by atoms with van der Waals surface area (Å²) in [6.45, 7) is 3.93. The first-order chi connectivity index (χ1) is 13.0. The van der Waals surface area contributed by atoms with Crippen molar-refractivity contribution in [3.05, 3.63) is 70.3 Å². The van der Waals surface area contributed by atoms with E-state index in [2.05, 4.69) is 10.3 Å². The van der Waals surface area contributed by atoms with Crippen LogP contribution >= 0.6 is 11.8 Å². The third-order valence-electron chi connectivity index (χ3n) is 4.06. The number of carbonyl (C=O) groups is 1. The van der Waals surface area contributed by atoms with Crippen molar-refractivity contribution in [3.8, 4) is 0 Å². The van der Waals surface area contributed by atoms with E-state index in [9.17, 15) is 14.0 Å². The Labute approximate surface area is 160 Å². The Hall–Kier alpha value is -2.67. The summed E-state index contributed by atoms with van der Waals surface area (Å²) in [6.07, 6.45) is 0. The summed E-state index contributed by atoms with van der Waals surface area (Å²) in [4.78, 5) is 29.5. The summed E-state index contributed by atoms with van der Waals surface area (Å²) in [5.41, 5.74) is 0.914. The number of hydrogen-bond acceptors (Lipinski definition) is 4. The lowest BCUT2D eigenvalue weighted by Crippen LogP contribution is -2.27. The van der Waals surface area contributed by atoms with Crippen LogP contribution in [-0.2, 0) is 11.3 Å². The van der Waals surface area contributed by atoms with Crippen molar-refractivity contribution < 1.29 is 9.18 Å². The third kappa shape index (κ3) is 4.36. The molecule has 0 aliphatic heterocycles. The Morgan fingerprint density at radius 2 is 1.89 bits per heavy atom. The van der Waals surface area contributed by atoms with Crippen LogP contribution in [0.15, 0.2) is 58.5 Å². The lowest BCUT2D eigenvalue weighted by molar-refractivity contribution is -0.118. The lowest BCUT2D eigenvalue weighted by Gasteiger charge is -2.16. The van der Waals surface area contributed by atoms with E-state index in [4.69, 9.17) is 0 Å². The molecule has 0 radical (unpaired) electrons. The first-order valence-corrected chi connectivity index (χ1v) is 9.60. The van der Waals surface area contributed by atoms with E-state index in [1.165, 1.54) is 17.8 Å². The minimum Gasteiger partial charge on any atom is -0.351 e. The molecule has 27 heavy (non-hydrogen) atoms. The summed E-state index contributed by atoms with van der Waals surface area (Å²) < 4.78 is 15.2. The lowest BCUT2D eigenvalue weighted by atomic mass is 10.2. The minimum atomic E-state index is -0.352. The fourth-order valence-electron chi connectivity index (χ4n) is 2.70. The molecule has 7 heteroatoms. The Kier molecular flexibility index (Phi) is 5.91. The molecule has 140 valence electrons. The number of hydrogen-bond donors (Lipinski definition) is 1. The van der Waals surface area contributed by atoms with Crippen LogP contribution in [0.25, 0.3) is 10.9 Å². The topological polar surface area (TPSA) is 64.0 Å². The highest BCUT2D eigenvalue weighted by molar-refractivity contribution is 7.99. The highest BCUT2D eigenvalue weighted by atomic mass is 32.2. The van der Waals surface area contributed by atoms with Crippen molar-refractivity contribution in [3.63, 3.8) is 0 Å². The second-order valence-electron chi connectivity index (χ2n) is 6.34. The average molecular weight is 385 g/mol. The number of fused-ring (bicyclic) bond motifs is 1. The SMILES string of the molecule is CC(C)n1c(SCC(=O)NCc2ccccc2F)nc2ccccc2c1=O. The van der Waals surface area contributed by atoms with Gasteiger partial charge in [0.15, 0.2) is 5.16 Å². The van der Waals surface area contributed by atoms with Gasteiger partial charge < -0.3 is 5.32 Å². The van der Waals surface area contributed by atoms with Gasteiger partial charge >= 0.3 is 0 Å². The third-order valence-corrected chi connectivity index (χ3v) is 5.01. The molecule has 0 bridgehead atoms.